The Morgan fingerprint density at radius 2 is 2.05 bits per heavy atom. The van der Waals surface area contributed by atoms with Crippen LogP contribution in [0, 0.1) is 11.2 Å². The van der Waals surface area contributed by atoms with Gasteiger partial charge in [0.15, 0.2) is 0 Å². The van der Waals surface area contributed by atoms with Crippen LogP contribution >= 0.6 is 27.7 Å². The summed E-state index contributed by atoms with van der Waals surface area (Å²) in [4.78, 5) is 1.10. The Morgan fingerprint density at radius 1 is 1.26 bits per heavy atom. The van der Waals surface area contributed by atoms with E-state index in [4.69, 9.17) is 11.1 Å². The minimum Gasteiger partial charge on any atom is -0.384 e. The zero-order valence-electron chi connectivity index (χ0n) is 9.99. The summed E-state index contributed by atoms with van der Waals surface area (Å²) in [6.07, 6.45) is 0. The van der Waals surface area contributed by atoms with E-state index in [2.05, 4.69) is 15.9 Å². The molecule has 0 aliphatic rings. The third kappa shape index (κ3) is 4.08. The summed E-state index contributed by atoms with van der Waals surface area (Å²) >= 11 is 5.02. The number of nitrogens with two attached hydrogens (primary N) is 1. The minimum absolute atomic E-state index is 0.117. The lowest BCUT2D eigenvalue weighted by atomic mass is 10.1. The van der Waals surface area contributed by atoms with Crippen LogP contribution in [-0.2, 0) is 5.75 Å². The van der Waals surface area contributed by atoms with Crippen molar-refractivity contribution in [2.75, 3.05) is 0 Å². The standard InChI is InChI=1S/C14H12BrFN2S/c15-11-2-1-3-13(7-11)19-8-9-4-10(14(17)18)6-12(16)5-9/h1-7H,8H2,(H3,17,18). The van der Waals surface area contributed by atoms with Crippen molar-refractivity contribution in [3.05, 3.63) is 63.9 Å². The quantitative estimate of drug-likeness (QED) is 0.499. The van der Waals surface area contributed by atoms with Crippen molar-refractivity contribution in [1.29, 1.82) is 5.41 Å². The molecule has 0 spiro atoms. The zero-order chi connectivity index (χ0) is 13.8. The largest absolute Gasteiger partial charge is 0.384 e. The maximum atomic E-state index is 13.4. The summed E-state index contributed by atoms with van der Waals surface area (Å²) in [5.74, 6) is 0.153. The Balaban J connectivity index is 2.13. The van der Waals surface area contributed by atoms with Gasteiger partial charge in [0.25, 0.3) is 0 Å². The molecule has 0 unspecified atom stereocenters. The third-order valence-electron chi connectivity index (χ3n) is 2.47. The minimum atomic E-state index is -0.363. The van der Waals surface area contributed by atoms with Gasteiger partial charge in [0.2, 0.25) is 0 Å². The van der Waals surface area contributed by atoms with E-state index in [1.165, 1.54) is 12.1 Å². The highest BCUT2D eigenvalue weighted by Gasteiger charge is 2.04. The highest BCUT2D eigenvalue weighted by Crippen LogP contribution is 2.26. The summed E-state index contributed by atoms with van der Waals surface area (Å²) < 4.78 is 14.4. The van der Waals surface area contributed by atoms with Gasteiger partial charge in [0.1, 0.15) is 11.7 Å². The maximum Gasteiger partial charge on any atom is 0.124 e. The average molecular weight is 339 g/mol. The first-order valence-corrected chi connectivity index (χ1v) is 7.35. The fraction of sp³-hybridized carbons (Fsp3) is 0.0714. The number of thioether (sulfide) groups is 1. The zero-order valence-corrected chi connectivity index (χ0v) is 12.4. The van der Waals surface area contributed by atoms with E-state index in [9.17, 15) is 4.39 Å². The van der Waals surface area contributed by atoms with Gasteiger partial charge in [-0.15, -0.1) is 11.8 Å². The molecule has 2 nitrogen and oxygen atoms in total. The first-order valence-electron chi connectivity index (χ1n) is 5.57. The second-order valence-electron chi connectivity index (χ2n) is 4.01. The summed E-state index contributed by atoms with van der Waals surface area (Å²) in [5, 5.41) is 7.35. The van der Waals surface area contributed by atoms with Gasteiger partial charge in [-0.25, -0.2) is 4.39 Å². The van der Waals surface area contributed by atoms with Gasteiger partial charge in [-0.1, -0.05) is 22.0 Å². The van der Waals surface area contributed by atoms with E-state index in [0.717, 1.165) is 14.9 Å². The normalized spacial score (nSPS) is 10.4. The van der Waals surface area contributed by atoms with Crippen LogP contribution in [0.1, 0.15) is 11.1 Å². The number of nitrogens with one attached hydrogen (secondary N) is 1. The Kier molecular flexibility index (Phi) is 4.61. The SMILES string of the molecule is N=C(N)c1cc(F)cc(CSc2cccc(Br)c2)c1. The van der Waals surface area contributed by atoms with Crippen molar-refractivity contribution in [1.82, 2.24) is 0 Å². The van der Waals surface area contributed by atoms with Gasteiger partial charge in [0, 0.05) is 20.7 Å². The van der Waals surface area contributed by atoms with Gasteiger partial charge < -0.3 is 5.73 Å². The lowest BCUT2D eigenvalue weighted by Crippen LogP contribution is -2.11. The van der Waals surface area contributed by atoms with Crippen molar-refractivity contribution in [3.8, 4) is 0 Å². The van der Waals surface area contributed by atoms with Crippen LogP contribution in [-0.4, -0.2) is 5.84 Å². The van der Waals surface area contributed by atoms with Gasteiger partial charge in [-0.2, -0.15) is 0 Å². The van der Waals surface area contributed by atoms with E-state index >= 15 is 0 Å². The van der Waals surface area contributed by atoms with E-state index in [-0.39, 0.29) is 11.7 Å². The molecule has 0 heterocycles. The molecular weight excluding hydrogens is 327 g/mol. The Labute approximate surface area is 123 Å². The molecule has 0 amide bonds. The second-order valence-corrected chi connectivity index (χ2v) is 5.97. The molecule has 0 bridgehead atoms. The molecule has 0 saturated heterocycles. The van der Waals surface area contributed by atoms with Crippen LogP contribution in [0.4, 0.5) is 4.39 Å². The molecule has 2 aromatic carbocycles. The van der Waals surface area contributed by atoms with Crippen LogP contribution < -0.4 is 5.73 Å². The monoisotopic (exact) mass is 338 g/mol. The van der Waals surface area contributed by atoms with Crippen molar-refractivity contribution in [2.45, 2.75) is 10.6 Å². The van der Waals surface area contributed by atoms with Gasteiger partial charge in [-0.05, 0) is 42.0 Å². The van der Waals surface area contributed by atoms with Crippen molar-refractivity contribution >= 4 is 33.5 Å². The molecule has 0 radical (unpaired) electrons. The molecule has 2 rings (SSSR count). The van der Waals surface area contributed by atoms with Crippen LogP contribution in [0.15, 0.2) is 51.8 Å². The van der Waals surface area contributed by atoms with Crippen molar-refractivity contribution < 1.29 is 4.39 Å². The molecule has 0 atom stereocenters. The predicted molar refractivity (Wildman–Crippen MR) is 81.1 cm³/mol. The topological polar surface area (TPSA) is 49.9 Å². The fourth-order valence-electron chi connectivity index (χ4n) is 1.61. The third-order valence-corrected chi connectivity index (χ3v) is 4.03. The Morgan fingerprint density at radius 3 is 2.74 bits per heavy atom. The number of hydrogen-bond donors (Lipinski definition) is 2. The molecule has 5 heteroatoms. The number of rotatable bonds is 4. The summed E-state index contributed by atoms with van der Waals surface area (Å²) in [6, 6.07) is 12.4. The van der Waals surface area contributed by atoms with Crippen LogP contribution in [0.2, 0.25) is 0 Å². The number of hydrogen-bond acceptors (Lipinski definition) is 2. The summed E-state index contributed by atoms with van der Waals surface area (Å²) in [7, 11) is 0. The fourth-order valence-corrected chi connectivity index (χ4v) is 3.05. The average Bonchev–Trinajstić information content (AvgIpc) is 2.36. The highest BCUT2D eigenvalue weighted by molar-refractivity contribution is 9.10. The van der Waals surface area contributed by atoms with Crippen LogP contribution in [0.3, 0.4) is 0 Å². The maximum absolute atomic E-state index is 13.4. The van der Waals surface area contributed by atoms with Crippen LogP contribution in [0.5, 0.6) is 0 Å². The van der Waals surface area contributed by atoms with Gasteiger partial charge >= 0.3 is 0 Å². The van der Waals surface area contributed by atoms with Crippen molar-refractivity contribution in [2.24, 2.45) is 5.73 Å². The van der Waals surface area contributed by atoms with Crippen molar-refractivity contribution in [3.63, 3.8) is 0 Å². The van der Waals surface area contributed by atoms with E-state index in [0.29, 0.717) is 11.3 Å². The molecule has 0 saturated carbocycles. The van der Waals surface area contributed by atoms with Crippen LogP contribution in [0.25, 0.3) is 0 Å². The molecule has 0 fully saturated rings. The number of benzene rings is 2. The molecule has 2 aromatic rings. The molecular formula is C14H12BrFN2S. The summed E-state index contributed by atoms with van der Waals surface area (Å²) in [6.45, 7) is 0. The van der Waals surface area contributed by atoms with E-state index in [1.807, 2.05) is 24.3 Å². The lowest BCUT2D eigenvalue weighted by molar-refractivity contribution is 0.626. The molecule has 98 valence electrons. The number of halogens is 2. The smallest absolute Gasteiger partial charge is 0.124 e. The first-order chi connectivity index (χ1) is 9.04. The molecule has 19 heavy (non-hydrogen) atoms. The second kappa shape index (κ2) is 6.21. The summed E-state index contributed by atoms with van der Waals surface area (Å²) in [5.41, 5.74) is 6.62. The number of nitrogen functional groups attached to an aromatic ring is 1. The predicted octanol–water partition coefficient (Wildman–Crippen LogP) is 4.16. The molecule has 3 N–H and O–H groups in total. The molecule has 0 aliphatic heterocycles. The molecule has 0 aromatic heterocycles. The van der Waals surface area contributed by atoms with E-state index < -0.39 is 0 Å². The highest BCUT2D eigenvalue weighted by atomic mass is 79.9. The lowest BCUT2D eigenvalue weighted by Gasteiger charge is -2.06. The molecule has 0 aliphatic carbocycles. The Bertz CT molecular complexity index is 616. The first kappa shape index (κ1) is 14.1. The van der Waals surface area contributed by atoms with Gasteiger partial charge in [0.05, 0.1) is 0 Å². The van der Waals surface area contributed by atoms with E-state index in [1.54, 1.807) is 17.8 Å². The van der Waals surface area contributed by atoms with Gasteiger partial charge in [-0.3, -0.25) is 5.41 Å². The number of amidine groups is 1. The Hall–Kier alpha value is -1.33.